The predicted octanol–water partition coefficient (Wildman–Crippen LogP) is 1.47. The topological polar surface area (TPSA) is 32.6 Å². The number of hydrogen-bond acceptors (Lipinski definition) is 2. The van der Waals surface area contributed by atoms with E-state index in [9.17, 15) is 0 Å². The summed E-state index contributed by atoms with van der Waals surface area (Å²) in [6.45, 7) is 0. The molecular weight excluding hydrogens is 114 g/mol. The number of halogens is 1. The Labute approximate surface area is 47.8 Å². The van der Waals surface area contributed by atoms with Gasteiger partial charge in [-0.25, -0.2) is 0 Å². The summed E-state index contributed by atoms with van der Waals surface area (Å²) in [4.78, 5) is 0. The van der Waals surface area contributed by atoms with Crippen molar-refractivity contribution in [2.24, 2.45) is 5.16 Å². The van der Waals surface area contributed by atoms with Crippen molar-refractivity contribution in [2.75, 3.05) is 5.88 Å². The zero-order valence-electron chi connectivity index (χ0n) is 3.97. The number of alkyl halides is 1. The van der Waals surface area contributed by atoms with E-state index in [1.165, 1.54) is 6.21 Å². The summed E-state index contributed by atoms with van der Waals surface area (Å²) in [6.07, 6.45) is 3.08. The van der Waals surface area contributed by atoms with Gasteiger partial charge in [0, 0.05) is 12.1 Å². The summed E-state index contributed by atoms with van der Waals surface area (Å²) < 4.78 is 0. The van der Waals surface area contributed by atoms with Gasteiger partial charge in [0.15, 0.2) is 0 Å². The maximum absolute atomic E-state index is 7.82. The fourth-order valence-corrected chi connectivity index (χ4v) is 0.380. The van der Waals surface area contributed by atoms with Crippen LogP contribution in [0.1, 0.15) is 12.8 Å². The van der Waals surface area contributed by atoms with Crippen LogP contribution in [0.4, 0.5) is 0 Å². The average molecular weight is 122 g/mol. The number of oxime groups is 1. The van der Waals surface area contributed by atoms with Crippen molar-refractivity contribution < 1.29 is 5.21 Å². The Bertz CT molecular complexity index is 55.7. The zero-order valence-corrected chi connectivity index (χ0v) is 4.73. The maximum atomic E-state index is 7.82. The van der Waals surface area contributed by atoms with E-state index < -0.39 is 0 Å². The molecule has 0 aromatic heterocycles. The first kappa shape index (κ1) is 6.76. The van der Waals surface area contributed by atoms with Crippen LogP contribution >= 0.6 is 11.6 Å². The molecule has 7 heavy (non-hydrogen) atoms. The second-order valence-corrected chi connectivity index (χ2v) is 1.51. The van der Waals surface area contributed by atoms with Crippen molar-refractivity contribution in [3.05, 3.63) is 0 Å². The van der Waals surface area contributed by atoms with Crippen LogP contribution in [0.5, 0.6) is 0 Å². The summed E-state index contributed by atoms with van der Waals surface area (Å²) in [5, 5.41) is 10.6. The van der Waals surface area contributed by atoms with Gasteiger partial charge in [-0.1, -0.05) is 0 Å². The first-order chi connectivity index (χ1) is 3.41. The van der Waals surface area contributed by atoms with E-state index in [4.69, 9.17) is 16.8 Å². The number of rotatable bonds is 3. The molecule has 0 rings (SSSR count). The Balaban J connectivity index is 2.69. The first-order valence-corrected chi connectivity index (χ1v) is 2.67. The van der Waals surface area contributed by atoms with Crippen molar-refractivity contribution in [2.45, 2.75) is 12.8 Å². The van der Waals surface area contributed by atoms with Gasteiger partial charge in [-0.05, 0) is 12.8 Å². The molecule has 0 aliphatic rings. The molecule has 0 atom stereocenters. The number of nitrogens with zero attached hydrogens (tertiary/aromatic N) is 1. The lowest BCUT2D eigenvalue weighted by molar-refractivity contribution is 0.320. The van der Waals surface area contributed by atoms with E-state index in [2.05, 4.69) is 5.16 Å². The highest BCUT2D eigenvalue weighted by Crippen LogP contribution is 1.86. The Hall–Kier alpha value is -0.240. The van der Waals surface area contributed by atoms with E-state index in [1.54, 1.807) is 0 Å². The van der Waals surface area contributed by atoms with Gasteiger partial charge >= 0.3 is 0 Å². The quantitative estimate of drug-likeness (QED) is 0.198. The first-order valence-electron chi connectivity index (χ1n) is 2.13. The molecule has 0 unspecified atom stereocenters. The van der Waals surface area contributed by atoms with Crippen molar-refractivity contribution in [3.63, 3.8) is 0 Å². The molecule has 3 heteroatoms. The Kier molecular flexibility index (Phi) is 5.56. The molecule has 1 N–H and O–H groups in total. The summed E-state index contributed by atoms with van der Waals surface area (Å²) in [7, 11) is 0. The van der Waals surface area contributed by atoms with Crippen LogP contribution in [0.2, 0.25) is 0 Å². The molecule has 0 saturated heterocycles. The van der Waals surface area contributed by atoms with E-state index >= 15 is 0 Å². The van der Waals surface area contributed by atoms with Crippen LogP contribution in [0.15, 0.2) is 5.16 Å². The van der Waals surface area contributed by atoms with E-state index in [-0.39, 0.29) is 0 Å². The van der Waals surface area contributed by atoms with Crippen LogP contribution in [0.25, 0.3) is 0 Å². The number of unbranched alkanes of at least 4 members (excludes halogenated alkanes) is 1. The van der Waals surface area contributed by atoms with Crippen molar-refractivity contribution in [1.29, 1.82) is 0 Å². The second-order valence-electron chi connectivity index (χ2n) is 1.13. The molecule has 0 spiro atoms. The Morgan fingerprint density at radius 2 is 2.43 bits per heavy atom. The molecule has 2 nitrogen and oxygen atoms in total. The molecule has 0 aromatic carbocycles. The van der Waals surface area contributed by atoms with E-state index in [1.807, 2.05) is 0 Å². The van der Waals surface area contributed by atoms with Gasteiger partial charge in [-0.2, -0.15) is 0 Å². The lowest BCUT2D eigenvalue weighted by atomic mass is 10.4. The summed E-state index contributed by atoms with van der Waals surface area (Å²) in [5.41, 5.74) is 0. The highest BCUT2D eigenvalue weighted by Gasteiger charge is 1.76. The lowest BCUT2D eigenvalue weighted by Crippen LogP contribution is -1.76. The highest BCUT2D eigenvalue weighted by molar-refractivity contribution is 6.17. The lowest BCUT2D eigenvalue weighted by Gasteiger charge is -1.80. The van der Waals surface area contributed by atoms with Crippen LogP contribution in [-0.2, 0) is 0 Å². The van der Waals surface area contributed by atoms with Crippen molar-refractivity contribution >= 4 is 17.8 Å². The molecule has 0 aromatic rings. The van der Waals surface area contributed by atoms with Crippen LogP contribution in [0, 0.1) is 0 Å². The monoisotopic (exact) mass is 121 g/mol. The van der Waals surface area contributed by atoms with Gasteiger partial charge < -0.3 is 5.21 Å². The van der Waals surface area contributed by atoms with Crippen LogP contribution in [0.3, 0.4) is 0 Å². The maximum Gasteiger partial charge on any atom is 0.0436 e. The highest BCUT2D eigenvalue weighted by atomic mass is 35.5. The minimum Gasteiger partial charge on any atom is -0.411 e. The Morgan fingerprint density at radius 1 is 1.71 bits per heavy atom. The van der Waals surface area contributed by atoms with Crippen LogP contribution < -0.4 is 0 Å². The van der Waals surface area contributed by atoms with Gasteiger partial charge in [-0.3, -0.25) is 0 Å². The second kappa shape index (κ2) is 5.76. The fraction of sp³-hybridized carbons (Fsp3) is 0.750. The largest absolute Gasteiger partial charge is 0.411 e. The van der Waals surface area contributed by atoms with Gasteiger partial charge in [0.25, 0.3) is 0 Å². The van der Waals surface area contributed by atoms with Crippen molar-refractivity contribution in [1.82, 2.24) is 0 Å². The summed E-state index contributed by atoms with van der Waals surface area (Å²) in [6, 6.07) is 0. The van der Waals surface area contributed by atoms with E-state index in [0.717, 1.165) is 12.8 Å². The standard InChI is InChI=1S/C4H8ClNO/c5-3-1-2-4-6-7/h4,7H,1-3H2. The molecule has 0 fully saturated rings. The molecule has 0 heterocycles. The molecule has 0 bridgehead atoms. The third-order valence-electron chi connectivity index (χ3n) is 0.549. The smallest absolute Gasteiger partial charge is 0.0436 e. The Morgan fingerprint density at radius 3 is 2.86 bits per heavy atom. The molecule has 0 radical (unpaired) electrons. The SMILES string of the molecule is ON=CCCCCl. The molecular formula is C4H8ClNO. The third kappa shape index (κ3) is 5.76. The summed E-state index contributed by atoms with van der Waals surface area (Å²) >= 11 is 5.29. The molecule has 42 valence electrons. The molecule has 0 amide bonds. The van der Waals surface area contributed by atoms with Gasteiger partial charge in [0.2, 0.25) is 0 Å². The van der Waals surface area contributed by atoms with Crippen LogP contribution in [-0.4, -0.2) is 17.3 Å². The van der Waals surface area contributed by atoms with Gasteiger partial charge in [0.1, 0.15) is 0 Å². The minimum atomic E-state index is 0.631. The minimum absolute atomic E-state index is 0.631. The van der Waals surface area contributed by atoms with Gasteiger partial charge in [0.05, 0.1) is 0 Å². The third-order valence-corrected chi connectivity index (χ3v) is 0.816. The average Bonchev–Trinajstić information content (AvgIpc) is 1.69. The normalized spacial score (nSPS) is 10.4. The van der Waals surface area contributed by atoms with E-state index in [0.29, 0.717) is 5.88 Å². The predicted molar refractivity (Wildman–Crippen MR) is 30.2 cm³/mol. The molecule has 0 aliphatic carbocycles. The zero-order chi connectivity index (χ0) is 5.54. The van der Waals surface area contributed by atoms with Crippen molar-refractivity contribution in [3.8, 4) is 0 Å². The fourth-order valence-electron chi connectivity index (χ4n) is 0.226. The molecule has 0 aliphatic heterocycles. The van der Waals surface area contributed by atoms with Gasteiger partial charge in [-0.15, -0.1) is 16.8 Å². The number of hydrogen-bond donors (Lipinski definition) is 1. The molecule has 0 saturated carbocycles. The summed E-state index contributed by atoms with van der Waals surface area (Å²) in [5.74, 6) is 0.631.